The quantitative estimate of drug-likeness (QED) is 0.231. The fourth-order valence-electron chi connectivity index (χ4n) is 3.85. The number of nitrogens with zero attached hydrogens (tertiary/aromatic N) is 3. The zero-order valence-electron chi connectivity index (χ0n) is 20.2. The van der Waals surface area contributed by atoms with Crippen molar-refractivity contribution in [1.82, 2.24) is 9.55 Å². The van der Waals surface area contributed by atoms with Crippen LogP contribution in [0.25, 0.3) is 11.4 Å². The lowest BCUT2D eigenvalue weighted by molar-refractivity contribution is -0.144. The Kier molecular flexibility index (Phi) is 9.12. The molecule has 3 aromatic rings. The molecule has 0 spiro atoms. The van der Waals surface area contributed by atoms with E-state index in [0.717, 1.165) is 17.2 Å². The third-order valence-electron chi connectivity index (χ3n) is 5.64. The normalized spacial score (nSPS) is 12.1. The molecule has 190 valence electrons. The molecule has 0 saturated heterocycles. The highest BCUT2D eigenvalue weighted by Crippen LogP contribution is 2.34. The standard InChI is InChI=1S/C27H28F3N3O3/c1-3-35-25(34)15-19(2)7-6-14-36-23-9-5-4-8-22(23)18-33-24(27(28,29)30)17-32-26(33)21-12-10-20(16-31)11-13-21/h4-5,8-13,17,19H,3,6-7,14-15,18H2,1-2H3. The number of hydrogen-bond acceptors (Lipinski definition) is 5. The summed E-state index contributed by atoms with van der Waals surface area (Å²) >= 11 is 0. The summed E-state index contributed by atoms with van der Waals surface area (Å²) in [6.07, 6.45) is -2.00. The van der Waals surface area contributed by atoms with E-state index in [4.69, 9.17) is 14.7 Å². The lowest BCUT2D eigenvalue weighted by Crippen LogP contribution is -2.16. The zero-order chi connectivity index (χ0) is 26.1. The minimum absolute atomic E-state index is 0.0976. The molecule has 0 aliphatic carbocycles. The lowest BCUT2D eigenvalue weighted by atomic mass is 10.0. The summed E-state index contributed by atoms with van der Waals surface area (Å²) in [6.45, 7) is 4.35. The molecule has 0 aliphatic heterocycles. The molecule has 0 bridgehead atoms. The van der Waals surface area contributed by atoms with Crippen LogP contribution in [0.1, 0.15) is 49.9 Å². The molecule has 0 N–H and O–H groups in total. The first kappa shape index (κ1) is 26.8. The average Bonchev–Trinajstić information content (AvgIpc) is 3.27. The number of ether oxygens (including phenoxy) is 2. The molecule has 0 saturated carbocycles. The van der Waals surface area contributed by atoms with E-state index in [-0.39, 0.29) is 24.3 Å². The highest BCUT2D eigenvalue weighted by Gasteiger charge is 2.36. The van der Waals surface area contributed by atoms with E-state index in [1.807, 2.05) is 13.0 Å². The molecule has 1 aromatic heterocycles. The molecule has 0 radical (unpaired) electrons. The van der Waals surface area contributed by atoms with E-state index >= 15 is 0 Å². The van der Waals surface area contributed by atoms with Crippen LogP contribution in [0.3, 0.4) is 0 Å². The lowest BCUT2D eigenvalue weighted by Gasteiger charge is -2.17. The van der Waals surface area contributed by atoms with Crippen molar-refractivity contribution in [2.24, 2.45) is 5.92 Å². The predicted molar refractivity (Wildman–Crippen MR) is 128 cm³/mol. The van der Waals surface area contributed by atoms with Gasteiger partial charge in [0, 0.05) is 17.5 Å². The van der Waals surface area contributed by atoms with Gasteiger partial charge in [0.05, 0.1) is 37.6 Å². The summed E-state index contributed by atoms with van der Waals surface area (Å²) in [5.74, 6) is 0.547. The van der Waals surface area contributed by atoms with Gasteiger partial charge in [-0.1, -0.05) is 25.1 Å². The van der Waals surface area contributed by atoms with Gasteiger partial charge in [-0.15, -0.1) is 0 Å². The fraction of sp³-hybridized carbons (Fsp3) is 0.370. The number of halogens is 3. The zero-order valence-corrected chi connectivity index (χ0v) is 20.2. The summed E-state index contributed by atoms with van der Waals surface area (Å²) in [7, 11) is 0. The Morgan fingerprint density at radius 1 is 1.17 bits per heavy atom. The highest BCUT2D eigenvalue weighted by atomic mass is 19.4. The fourth-order valence-corrected chi connectivity index (χ4v) is 3.85. The molecule has 36 heavy (non-hydrogen) atoms. The number of carbonyl (C=O) groups excluding carboxylic acids is 1. The minimum Gasteiger partial charge on any atom is -0.493 e. The van der Waals surface area contributed by atoms with Gasteiger partial charge in [0.15, 0.2) is 0 Å². The third-order valence-corrected chi connectivity index (χ3v) is 5.64. The molecule has 0 aliphatic rings. The van der Waals surface area contributed by atoms with Crippen LogP contribution < -0.4 is 4.74 Å². The van der Waals surface area contributed by atoms with Crippen LogP contribution in [0, 0.1) is 17.2 Å². The van der Waals surface area contributed by atoms with E-state index in [9.17, 15) is 18.0 Å². The smallest absolute Gasteiger partial charge is 0.433 e. The minimum atomic E-state index is -4.59. The second-order valence-electron chi connectivity index (χ2n) is 8.45. The Morgan fingerprint density at radius 2 is 1.89 bits per heavy atom. The van der Waals surface area contributed by atoms with Crippen LogP contribution in [0.2, 0.25) is 0 Å². The number of aromatic nitrogens is 2. The molecule has 2 aromatic carbocycles. The predicted octanol–water partition coefficient (Wildman–Crippen LogP) is 6.24. The highest BCUT2D eigenvalue weighted by molar-refractivity contribution is 5.69. The van der Waals surface area contributed by atoms with Crippen molar-refractivity contribution >= 4 is 5.97 Å². The van der Waals surface area contributed by atoms with Gasteiger partial charge in [0.2, 0.25) is 0 Å². The average molecular weight is 500 g/mol. The monoisotopic (exact) mass is 499 g/mol. The van der Waals surface area contributed by atoms with E-state index in [2.05, 4.69) is 4.98 Å². The van der Waals surface area contributed by atoms with Crippen LogP contribution in [-0.2, 0) is 22.3 Å². The molecule has 3 rings (SSSR count). The van der Waals surface area contributed by atoms with Gasteiger partial charge in [-0.3, -0.25) is 4.79 Å². The Bertz CT molecular complexity index is 1200. The number of benzene rings is 2. The molecule has 1 unspecified atom stereocenters. The van der Waals surface area contributed by atoms with Crippen molar-refractivity contribution in [3.8, 4) is 23.2 Å². The number of carbonyl (C=O) groups is 1. The molecule has 1 heterocycles. The second-order valence-corrected chi connectivity index (χ2v) is 8.45. The Hall–Kier alpha value is -3.80. The number of rotatable bonds is 11. The van der Waals surface area contributed by atoms with Gasteiger partial charge in [0.25, 0.3) is 0 Å². The van der Waals surface area contributed by atoms with Gasteiger partial charge in [0.1, 0.15) is 17.3 Å². The van der Waals surface area contributed by atoms with E-state index in [1.54, 1.807) is 55.5 Å². The molecule has 6 nitrogen and oxygen atoms in total. The van der Waals surface area contributed by atoms with Crippen LogP contribution in [0.15, 0.2) is 54.7 Å². The maximum atomic E-state index is 13.8. The SMILES string of the molecule is CCOC(=O)CC(C)CCCOc1ccccc1Cn1c(C(F)(F)F)cnc1-c1ccc(C#N)cc1. The van der Waals surface area contributed by atoms with Crippen LogP contribution in [-0.4, -0.2) is 28.7 Å². The first-order valence-corrected chi connectivity index (χ1v) is 11.7. The van der Waals surface area contributed by atoms with Gasteiger partial charge in [-0.05, 0) is 56.0 Å². The number of nitriles is 1. The van der Waals surface area contributed by atoms with E-state index < -0.39 is 11.9 Å². The molecular weight excluding hydrogens is 471 g/mol. The number of hydrogen-bond donors (Lipinski definition) is 0. The third kappa shape index (κ3) is 7.11. The summed E-state index contributed by atoms with van der Waals surface area (Å²) in [5, 5.41) is 9.01. The van der Waals surface area contributed by atoms with Crippen molar-refractivity contribution in [1.29, 1.82) is 5.26 Å². The van der Waals surface area contributed by atoms with Gasteiger partial charge < -0.3 is 14.0 Å². The maximum absolute atomic E-state index is 13.8. The number of para-hydroxylation sites is 1. The van der Waals surface area contributed by atoms with Crippen molar-refractivity contribution in [3.63, 3.8) is 0 Å². The van der Waals surface area contributed by atoms with Crippen molar-refractivity contribution < 1.29 is 27.4 Å². The van der Waals surface area contributed by atoms with Gasteiger partial charge in [-0.25, -0.2) is 4.98 Å². The maximum Gasteiger partial charge on any atom is 0.433 e. The number of esters is 1. The van der Waals surface area contributed by atoms with Crippen LogP contribution >= 0.6 is 0 Å². The van der Waals surface area contributed by atoms with E-state index in [1.165, 1.54) is 0 Å². The van der Waals surface area contributed by atoms with Crippen molar-refractivity contribution in [2.75, 3.05) is 13.2 Å². The summed E-state index contributed by atoms with van der Waals surface area (Å²) in [5.41, 5.74) is 0.585. The Balaban J connectivity index is 1.76. The number of alkyl halides is 3. The molecular formula is C27H28F3N3O3. The molecule has 9 heteroatoms. The van der Waals surface area contributed by atoms with Crippen molar-refractivity contribution in [2.45, 2.75) is 45.8 Å². The van der Waals surface area contributed by atoms with Crippen LogP contribution in [0.5, 0.6) is 5.75 Å². The molecule has 0 amide bonds. The number of imidazole rings is 1. The first-order valence-electron chi connectivity index (χ1n) is 11.7. The van der Waals surface area contributed by atoms with Crippen molar-refractivity contribution in [3.05, 3.63) is 71.5 Å². The second kappa shape index (κ2) is 12.2. The van der Waals surface area contributed by atoms with Gasteiger partial charge >= 0.3 is 12.1 Å². The topological polar surface area (TPSA) is 77.1 Å². The Morgan fingerprint density at radius 3 is 2.56 bits per heavy atom. The molecule has 0 fully saturated rings. The largest absolute Gasteiger partial charge is 0.493 e. The summed E-state index contributed by atoms with van der Waals surface area (Å²) < 4.78 is 53.4. The van der Waals surface area contributed by atoms with Crippen LogP contribution in [0.4, 0.5) is 13.2 Å². The first-order chi connectivity index (χ1) is 17.2. The van der Waals surface area contributed by atoms with Gasteiger partial charge in [-0.2, -0.15) is 18.4 Å². The summed E-state index contributed by atoms with van der Waals surface area (Å²) in [4.78, 5) is 15.7. The summed E-state index contributed by atoms with van der Waals surface area (Å²) in [6, 6.07) is 15.2. The van der Waals surface area contributed by atoms with E-state index in [0.29, 0.717) is 48.5 Å². The molecule has 1 atom stereocenters. The Labute approximate surface area is 208 Å².